The Labute approximate surface area is 155 Å². The number of hydrogen-bond acceptors (Lipinski definition) is 3. The van der Waals surface area contributed by atoms with Crippen LogP contribution in [0, 0.1) is 6.92 Å². The number of carbonyl (C=O) groups is 1. The van der Waals surface area contributed by atoms with Gasteiger partial charge in [-0.2, -0.15) is 4.99 Å². The van der Waals surface area contributed by atoms with E-state index in [0.717, 1.165) is 5.56 Å². The molecule has 2 aromatic carbocycles. The first kappa shape index (κ1) is 17.9. The Bertz CT molecular complexity index is 1100. The Kier molecular flexibility index (Phi) is 4.71. The van der Waals surface area contributed by atoms with E-state index in [9.17, 15) is 9.90 Å². The lowest BCUT2D eigenvalue weighted by molar-refractivity contribution is 0.0699. The van der Waals surface area contributed by atoms with Gasteiger partial charge in [0.2, 0.25) is 5.96 Å². The van der Waals surface area contributed by atoms with Crippen LogP contribution in [0.3, 0.4) is 0 Å². The lowest BCUT2D eigenvalue weighted by Crippen LogP contribution is -2.26. The van der Waals surface area contributed by atoms with Crippen LogP contribution in [-0.2, 0) is 0 Å². The smallest absolute Gasteiger partial charge is 0.336 e. The Balaban J connectivity index is 2.13. The van der Waals surface area contributed by atoms with Crippen molar-refractivity contribution in [2.75, 3.05) is 0 Å². The molecule has 1 aromatic heterocycles. The first-order chi connectivity index (χ1) is 12.8. The second kappa shape index (κ2) is 7.12. The summed E-state index contributed by atoms with van der Waals surface area (Å²) in [5, 5.41) is 10.2. The number of carboxylic acid groups (broad SMARTS) is 1. The van der Waals surface area contributed by atoms with Gasteiger partial charge in [-0.25, -0.2) is 14.8 Å². The zero-order valence-corrected chi connectivity index (χ0v) is 14.5. The van der Waals surface area contributed by atoms with Crippen molar-refractivity contribution in [3.63, 3.8) is 0 Å². The minimum Gasteiger partial charge on any atom is -0.478 e. The second-order valence-electron chi connectivity index (χ2n) is 5.94. The summed E-state index contributed by atoms with van der Waals surface area (Å²) in [6, 6.07) is 14.1. The molecule has 0 spiro atoms. The van der Waals surface area contributed by atoms with Crippen LogP contribution in [0.4, 0.5) is 5.69 Å². The van der Waals surface area contributed by atoms with Crippen molar-refractivity contribution < 1.29 is 9.90 Å². The molecule has 0 aliphatic heterocycles. The highest BCUT2D eigenvalue weighted by atomic mass is 16.4. The Hall–Kier alpha value is -3.94. The van der Waals surface area contributed by atoms with Gasteiger partial charge in [-0.1, -0.05) is 23.8 Å². The van der Waals surface area contributed by atoms with Gasteiger partial charge < -0.3 is 22.3 Å². The summed E-state index contributed by atoms with van der Waals surface area (Å²) >= 11 is 0. The minimum absolute atomic E-state index is 0.0830. The molecule has 0 atom stereocenters. The number of guanidine groups is 2. The molecule has 0 aliphatic rings. The first-order valence-electron chi connectivity index (χ1n) is 8.02. The maximum Gasteiger partial charge on any atom is 0.336 e. The molecule has 1 heterocycles. The number of aliphatic imine (C=N–C) groups is 2. The fourth-order valence-corrected chi connectivity index (χ4v) is 2.69. The number of carboxylic acids is 1. The van der Waals surface area contributed by atoms with E-state index in [1.54, 1.807) is 30.3 Å². The van der Waals surface area contributed by atoms with Crippen molar-refractivity contribution in [3.8, 4) is 11.3 Å². The molecule has 0 fully saturated rings. The van der Waals surface area contributed by atoms with Crippen LogP contribution < -0.4 is 17.2 Å². The van der Waals surface area contributed by atoms with Crippen LogP contribution in [0.1, 0.15) is 15.9 Å². The second-order valence-corrected chi connectivity index (χ2v) is 5.94. The maximum absolute atomic E-state index is 11.7. The highest BCUT2D eigenvalue weighted by Gasteiger charge is 2.13. The fourth-order valence-electron chi connectivity index (χ4n) is 2.69. The molecular weight excluding hydrogens is 344 g/mol. The molecule has 7 N–H and O–H groups in total. The van der Waals surface area contributed by atoms with Crippen LogP contribution in [0.15, 0.2) is 58.5 Å². The normalized spacial score (nSPS) is 11.4. The summed E-state index contributed by atoms with van der Waals surface area (Å²) in [6.45, 7) is 1.90. The molecule has 0 bridgehead atoms. The van der Waals surface area contributed by atoms with Gasteiger partial charge in [0.1, 0.15) is 0 Å². The van der Waals surface area contributed by atoms with Gasteiger partial charge in [0.25, 0.3) is 0 Å². The number of pyridine rings is 1. The van der Waals surface area contributed by atoms with Crippen molar-refractivity contribution in [3.05, 3.63) is 59.7 Å². The molecule has 136 valence electrons. The molecule has 8 heteroatoms. The highest BCUT2D eigenvalue weighted by molar-refractivity contribution is 6.04. The van der Waals surface area contributed by atoms with Crippen LogP contribution >= 0.6 is 0 Å². The number of aromatic carboxylic acids is 1. The van der Waals surface area contributed by atoms with E-state index in [4.69, 9.17) is 17.2 Å². The van der Waals surface area contributed by atoms with Crippen LogP contribution in [0.25, 0.3) is 22.2 Å². The molecule has 27 heavy (non-hydrogen) atoms. The first-order valence-corrected chi connectivity index (χ1v) is 8.02. The number of fused-ring (bicyclic) bond motifs is 1. The van der Waals surface area contributed by atoms with Crippen molar-refractivity contribution in [1.82, 2.24) is 4.98 Å². The average molecular weight is 362 g/mol. The molecule has 0 aliphatic carbocycles. The summed E-state index contributed by atoms with van der Waals surface area (Å²) in [7, 11) is 0. The molecule has 0 saturated carbocycles. The molecule has 0 saturated heterocycles. The monoisotopic (exact) mass is 362 g/mol. The zero-order valence-electron chi connectivity index (χ0n) is 14.5. The number of aryl methyl sites for hydroxylation is 1. The molecule has 0 unspecified atom stereocenters. The number of nitrogens with zero attached hydrogens (tertiary/aromatic N) is 3. The fraction of sp³-hybridized carbons (Fsp3) is 0.0526. The molecular formula is C19H18N6O2. The lowest BCUT2D eigenvalue weighted by Gasteiger charge is -2.08. The van der Waals surface area contributed by atoms with Crippen LogP contribution in [0.2, 0.25) is 0 Å². The van der Waals surface area contributed by atoms with Crippen LogP contribution in [-0.4, -0.2) is 28.0 Å². The number of nitrogens with two attached hydrogens (primary N) is 3. The average Bonchev–Trinajstić information content (AvgIpc) is 2.60. The predicted octanol–water partition coefficient (Wildman–Crippen LogP) is 2.13. The topological polar surface area (TPSA) is 153 Å². The number of hydrogen-bond donors (Lipinski definition) is 4. The summed E-state index contributed by atoms with van der Waals surface area (Å²) in [6.07, 6.45) is 0. The van der Waals surface area contributed by atoms with Crippen molar-refractivity contribution in [1.29, 1.82) is 0 Å². The highest BCUT2D eigenvalue weighted by Crippen LogP contribution is 2.28. The summed E-state index contributed by atoms with van der Waals surface area (Å²) < 4.78 is 0. The predicted molar refractivity (Wildman–Crippen MR) is 106 cm³/mol. The molecule has 0 radical (unpaired) electrons. The van der Waals surface area contributed by atoms with Crippen molar-refractivity contribution in [2.24, 2.45) is 27.2 Å². The van der Waals surface area contributed by atoms with Gasteiger partial charge in [0, 0.05) is 10.9 Å². The SMILES string of the molecule is Cc1ccc2nc(-c3cccc(N=C(N)N=C(N)N)c3)cc(C(=O)O)c2c1. The third-order valence-corrected chi connectivity index (χ3v) is 3.82. The molecule has 8 nitrogen and oxygen atoms in total. The van der Waals surface area contributed by atoms with E-state index < -0.39 is 5.97 Å². The van der Waals surface area contributed by atoms with E-state index in [-0.39, 0.29) is 17.5 Å². The minimum atomic E-state index is -1.01. The van der Waals surface area contributed by atoms with Gasteiger partial charge in [-0.15, -0.1) is 0 Å². The van der Waals surface area contributed by atoms with Gasteiger partial charge >= 0.3 is 5.97 Å². The van der Waals surface area contributed by atoms with Crippen molar-refractivity contribution in [2.45, 2.75) is 6.92 Å². The van der Waals surface area contributed by atoms with E-state index in [1.165, 1.54) is 0 Å². The number of rotatable bonds is 3. The molecule has 0 amide bonds. The van der Waals surface area contributed by atoms with E-state index in [1.807, 2.05) is 25.1 Å². The third kappa shape index (κ3) is 4.01. The third-order valence-electron chi connectivity index (χ3n) is 3.82. The quantitative estimate of drug-likeness (QED) is 0.413. The largest absolute Gasteiger partial charge is 0.478 e. The van der Waals surface area contributed by atoms with E-state index in [2.05, 4.69) is 15.0 Å². The zero-order chi connectivity index (χ0) is 19.6. The summed E-state index contributed by atoms with van der Waals surface area (Å²) in [5.41, 5.74) is 19.7. The summed E-state index contributed by atoms with van der Waals surface area (Å²) in [5.74, 6) is -1.29. The maximum atomic E-state index is 11.7. The lowest BCUT2D eigenvalue weighted by atomic mass is 10.0. The number of benzene rings is 2. The van der Waals surface area contributed by atoms with Gasteiger partial charge in [0.15, 0.2) is 5.96 Å². The number of aromatic nitrogens is 1. The van der Waals surface area contributed by atoms with E-state index in [0.29, 0.717) is 27.8 Å². The Morgan fingerprint density at radius 1 is 1.07 bits per heavy atom. The van der Waals surface area contributed by atoms with Crippen LogP contribution in [0.5, 0.6) is 0 Å². The van der Waals surface area contributed by atoms with E-state index >= 15 is 0 Å². The Morgan fingerprint density at radius 2 is 1.85 bits per heavy atom. The Morgan fingerprint density at radius 3 is 2.56 bits per heavy atom. The summed E-state index contributed by atoms with van der Waals surface area (Å²) in [4.78, 5) is 24.1. The van der Waals surface area contributed by atoms with Gasteiger partial charge in [0.05, 0.1) is 22.5 Å². The van der Waals surface area contributed by atoms with Gasteiger partial charge in [-0.05, 0) is 37.3 Å². The standard InChI is InChI=1S/C19H18N6O2/c1-10-5-6-15-13(7-10)14(17(26)27)9-16(24-15)11-3-2-4-12(8-11)23-19(22)25-18(20)21/h2-9H,1H3,(H,26,27)(H6,20,21,22,23,25). The molecule has 3 rings (SSSR count). The van der Waals surface area contributed by atoms with Gasteiger partial charge in [-0.3, -0.25) is 0 Å². The van der Waals surface area contributed by atoms with Crippen molar-refractivity contribution >= 4 is 34.5 Å². The molecule has 3 aromatic rings.